The number of carbonyl (C=O) groups excluding carboxylic acids is 3. The van der Waals surface area contributed by atoms with Crippen LogP contribution in [0.15, 0.2) is 70.1 Å². The SMILES string of the molecule is COC(=O)/C(C#N)=C/c1ccc(OCCCOC(=O)[C@]2(C)CC[C@]3(C)CC[C@]4(C)C5=CC=C6C(=CC(=O)C(O)=C6C)[C@]5(C)CC[C@@]4(C)[C@@H]3C2)c(OC)c1. The fraction of sp³-hybridized carbons (Fsp3) is 0.545. The Morgan fingerprint density at radius 3 is 2.42 bits per heavy atom. The van der Waals surface area contributed by atoms with Gasteiger partial charge in [0, 0.05) is 17.4 Å². The zero-order valence-corrected chi connectivity index (χ0v) is 32.4. The zero-order chi connectivity index (χ0) is 38.6. The summed E-state index contributed by atoms with van der Waals surface area (Å²) in [5.74, 6) is -0.0737. The van der Waals surface area contributed by atoms with E-state index in [0.717, 1.165) is 56.1 Å². The number of esters is 2. The summed E-state index contributed by atoms with van der Waals surface area (Å²) in [6.07, 6.45) is 14.6. The first-order chi connectivity index (χ1) is 25.0. The number of ether oxygens (including phenoxy) is 4. The molecule has 0 aliphatic heterocycles. The molecule has 0 unspecified atom stereocenters. The molecular weight excluding hydrogens is 670 g/mol. The number of nitriles is 1. The molecule has 0 amide bonds. The highest BCUT2D eigenvalue weighted by atomic mass is 16.5. The lowest BCUT2D eigenvalue weighted by Crippen LogP contribution is -2.62. The highest BCUT2D eigenvalue weighted by molar-refractivity contribution is 6.06. The first-order valence-electron chi connectivity index (χ1n) is 18.8. The number of methoxy groups -OCH3 is 2. The lowest BCUT2D eigenvalue weighted by molar-refractivity contribution is -0.182. The highest BCUT2D eigenvalue weighted by Crippen LogP contribution is 2.75. The van der Waals surface area contributed by atoms with E-state index in [1.165, 1.54) is 25.9 Å². The van der Waals surface area contributed by atoms with Crippen LogP contribution in [0, 0.1) is 44.3 Å². The van der Waals surface area contributed by atoms with Crippen LogP contribution in [-0.2, 0) is 23.9 Å². The van der Waals surface area contributed by atoms with Crippen molar-refractivity contribution in [3.63, 3.8) is 0 Å². The maximum Gasteiger partial charge on any atom is 0.348 e. The molecule has 3 saturated carbocycles. The highest BCUT2D eigenvalue weighted by Gasteiger charge is 2.67. The van der Waals surface area contributed by atoms with Gasteiger partial charge in [-0.05, 0) is 122 Å². The normalized spacial score (nSPS) is 33.4. The summed E-state index contributed by atoms with van der Waals surface area (Å²) in [6, 6.07) is 6.95. The van der Waals surface area contributed by atoms with Crippen molar-refractivity contribution in [1.29, 1.82) is 5.26 Å². The van der Waals surface area contributed by atoms with Crippen LogP contribution >= 0.6 is 0 Å². The van der Waals surface area contributed by atoms with Gasteiger partial charge in [-0.3, -0.25) is 9.59 Å². The third kappa shape index (κ3) is 6.12. The maximum absolute atomic E-state index is 13.9. The quantitative estimate of drug-likeness (QED) is 0.115. The van der Waals surface area contributed by atoms with Gasteiger partial charge in [-0.25, -0.2) is 4.79 Å². The van der Waals surface area contributed by atoms with Crippen molar-refractivity contribution < 1.29 is 38.4 Å². The van der Waals surface area contributed by atoms with Crippen LogP contribution in [0.2, 0.25) is 0 Å². The van der Waals surface area contributed by atoms with Gasteiger partial charge in [-0.1, -0.05) is 51.5 Å². The smallest absolute Gasteiger partial charge is 0.348 e. The van der Waals surface area contributed by atoms with Crippen LogP contribution in [0.5, 0.6) is 11.5 Å². The molecule has 5 aliphatic rings. The Morgan fingerprint density at radius 2 is 1.72 bits per heavy atom. The molecule has 6 atom stereocenters. The Bertz CT molecular complexity index is 1940. The van der Waals surface area contributed by atoms with Crippen LogP contribution in [0.3, 0.4) is 0 Å². The molecule has 0 spiro atoms. The minimum absolute atomic E-state index is 0.0569. The van der Waals surface area contributed by atoms with E-state index in [-0.39, 0.29) is 51.4 Å². The number of carbonyl (C=O) groups is 3. The first kappa shape index (κ1) is 38.2. The lowest BCUT2D eigenvalue weighted by Gasteiger charge is -2.70. The van der Waals surface area contributed by atoms with Gasteiger partial charge in [0.15, 0.2) is 17.3 Å². The van der Waals surface area contributed by atoms with Gasteiger partial charge in [0.2, 0.25) is 5.78 Å². The van der Waals surface area contributed by atoms with E-state index >= 15 is 0 Å². The predicted octanol–water partition coefficient (Wildman–Crippen LogP) is 8.71. The summed E-state index contributed by atoms with van der Waals surface area (Å²) in [5.41, 5.74) is 3.54. The molecule has 53 heavy (non-hydrogen) atoms. The number of benzene rings is 1. The van der Waals surface area contributed by atoms with Gasteiger partial charge in [0.25, 0.3) is 0 Å². The van der Waals surface area contributed by atoms with Crippen molar-refractivity contribution >= 4 is 23.8 Å². The molecule has 1 N–H and O–H groups in total. The molecule has 9 heteroatoms. The Balaban J connectivity index is 1.12. The zero-order valence-electron chi connectivity index (χ0n) is 32.4. The predicted molar refractivity (Wildman–Crippen MR) is 201 cm³/mol. The van der Waals surface area contributed by atoms with E-state index in [9.17, 15) is 24.8 Å². The van der Waals surface area contributed by atoms with Crippen LogP contribution in [0.25, 0.3) is 6.08 Å². The monoisotopic (exact) mass is 723 g/mol. The average Bonchev–Trinajstić information content (AvgIpc) is 3.14. The van der Waals surface area contributed by atoms with Crippen molar-refractivity contribution in [2.24, 2.45) is 33.0 Å². The number of aliphatic hydroxyl groups excluding tert-OH is 1. The van der Waals surface area contributed by atoms with E-state index in [1.54, 1.807) is 24.3 Å². The molecule has 282 valence electrons. The van der Waals surface area contributed by atoms with Crippen molar-refractivity contribution in [3.8, 4) is 17.6 Å². The second-order valence-corrected chi connectivity index (χ2v) is 17.0. The standard InChI is InChI=1S/C44H53NO8/c1-27-30-11-13-35-42(4,31(30)24-32(46)37(27)47)17-19-44(6)36-25-41(3,15-14-40(36,2)16-18-43(35,44)5)39(49)53-21-9-20-52-33-12-10-28(23-34(33)50-7)22-29(26-45)38(48)51-8/h10-13,22-24,36,47H,9,14-21,25H2,1-8H3/b29-22+/t36-,40-,41-,42+,43-,44+/m1/s1. The summed E-state index contributed by atoms with van der Waals surface area (Å²) in [7, 11) is 2.74. The van der Waals surface area contributed by atoms with Crippen LogP contribution in [-0.4, -0.2) is 50.3 Å². The van der Waals surface area contributed by atoms with Crippen molar-refractivity contribution in [2.75, 3.05) is 27.4 Å². The molecule has 0 bridgehead atoms. The number of rotatable bonds is 9. The van der Waals surface area contributed by atoms with Crippen molar-refractivity contribution in [2.45, 2.75) is 92.9 Å². The molecule has 1 aromatic carbocycles. The van der Waals surface area contributed by atoms with Crippen molar-refractivity contribution in [3.05, 3.63) is 75.6 Å². The molecular formula is C44H53NO8. The molecule has 5 aliphatic carbocycles. The average molecular weight is 724 g/mol. The van der Waals surface area contributed by atoms with Crippen LogP contribution < -0.4 is 9.47 Å². The maximum atomic E-state index is 13.9. The summed E-state index contributed by atoms with van der Waals surface area (Å²) in [6.45, 7) is 14.1. The molecule has 0 aromatic heterocycles. The number of hydrogen-bond acceptors (Lipinski definition) is 9. The second kappa shape index (κ2) is 13.7. The molecule has 6 rings (SSSR count). The summed E-state index contributed by atoms with van der Waals surface area (Å²) < 4.78 is 22.1. The Kier molecular flexibility index (Phi) is 9.85. The minimum atomic E-state index is -0.716. The number of allylic oxidation sites excluding steroid dienone is 7. The van der Waals surface area contributed by atoms with Crippen molar-refractivity contribution in [1.82, 2.24) is 0 Å². The molecule has 0 radical (unpaired) electrons. The van der Waals surface area contributed by atoms with E-state index in [0.29, 0.717) is 41.6 Å². The lowest BCUT2D eigenvalue weighted by atomic mass is 9.34. The molecule has 1 aromatic rings. The summed E-state index contributed by atoms with van der Waals surface area (Å²) in [5, 5.41) is 19.7. The Morgan fingerprint density at radius 1 is 0.981 bits per heavy atom. The van der Waals surface area contributed by atoms with Crippen LogP contribution in [0.1, 0.15) is 98.5 Å². The number of fused-ring (bicyclic) bond motifs is 7. The number of ketones is 1. The first-order valence-corrected chi connectivity index (χ1v) is 18.8. The van der Waals surface area contributed by atoms with Gasteiger partial charge in [0.1, 0.15) is 11.6 Å². The topological polar surface area (TPSA) is 132 Å². The number of hydrogen-bond donors (Lipinski definition) is 1. The second-order valence-electron chi connectivity index (χ2n) is 17.0. The van der Waals surface area contributed by atoms with Gasteiger partial charge in [-0.2, -0.15) is 5.26 Å². The van der Waals surface area contributed by atoms with Crippen LogP contribution in [0.4, 0.5) is 0 Å². The largest absolute Gasteiger partial charge is 0.504 e. The molecule has 3 fully saturated rings. The molecule has 0 saturated heterocycles. The van der Waals surface area contributed by atoms with Gasteiger partial charge in [0.05, 0.1) is 32.8 Å². The summed E-state index contributed by atoms with van der Waals surface area (Å²) in [4.78, 5) is 38.5. The Hall–Kier alpha value is -4.58. The Labute approximate surface area is 313 Å². The summed E-state index contributed by atoms with van der Waals surface area (Å²) >= 11 is 0. The van der Waals surface area contributed by atoms with E-state index in [4.69, 9.17) is 14.2 Å². The van der Waals surface area contributed by atoms with E-state index in [2.05, 4.69) is 51.5 Å². The number of nitrogens with zero attached hydrogens (tertiary/aromatic N) is 1. The van der Waals surface area contributed by atoms with E-state index in [1.807, 2.05) is 13.0 Å². The third-order valence-corrected chi connectivity index (χ3v) is 14.2. The van der Waals surface area contributed by atoms with Gasteiger partial charge >= 0.3 is 11.9 Å². The minimum Gasteiger partial charge on any atom is -0.504 e. The third-order valence-electron chi connectivity index (χ3n) is 14.2. The van der Waals surface area contributed by atoms with Gasteiger partial charge in [-0.15, -0.1) is 0 Å². The molecule has 0 heterocycles. The number of aliphatic hydroxyl groups is 1. The fourth-order valence-electron chi connectivity index (χ4n) is 10.5. The van der Waals surface area contributed by atoms with E-state index < -0.39 is 11.4 Å². The fourth-order valence-corrected chi connectivity index (χ4v) is 10.5. The van der Waals surface area contributed by atoms with Gasteiger partial charge < -0.3 is 24.1 Å². The molecule has 9 nitrogen and oxygen atoms in total.